The Morgan fingerprint density at radius 2 is 1.50 bits per heavy atom. The van der Waals surface area contributed by atoms with Gasteiger partial charge in [-0.1, -0.05) is 30.3 Å². The topological polar surface area (TPSA) is 26.4 Å². The lowest BCUT2D eigenvalue weighted by Gasteiger charge is -2.11. The number of nitrogens with zero attached hydrogens (tertiary/aromatic N) is 2. The molecule has 0 atom stereocenters. The molecule has 3 heteroatoms. The van der Waals surface area contributed by atoms with Gasteiger partial charge in [-0.25, -0.2) is 0 Å². The van der Waals surface area contributed by atoms with Crippen molar-refractivity contribution >= 4 is 16.6 Å². The Kier molecular flexibility index (Phi) is 2.27. The van der Waals surface area contributed by atoms with Crippen molar-refractivity contribution in [2.45, 2.75) is 0 Å². The van der Waals surface area contributed by atoms with E-state index < -0.39 is 0 Å². The van der Waals surface area contributed by atoms with Crippen LogP contribution >= 0.6 is 0 Å². The predicted octanol–water partition coefficient (Wildman–Crippen LogP) is 3.24. The minimum absolute atomic E-state index is 0.0120. The first-order valence-corrected chi connectivity index (χ1v) is 6.52. The SMILES string of the molecule is O=c1c2ccccc2n2cccc2n1-c1ccccc1. The summed E-state index contributed by atoms with van der Waals surface area (Å²) in [5, 5.41) is 0.722. The average molecular weight is 260 g/mol. The molecule has 4 rings (SSSR count). The van der Waals surface area contributed by atoms with E-state index in [4.69, 9.17) is 0 Å². The number of fused-ring (bicyclic) bond motifs is 3. The summed E-state index contributed by atoms with van der Waals surface area (Å²) in [5.41, 5.74) is 2.70. The van der Waals surface area contributed by atoms with E-state index in [9.17, 15) is 4.79 Å². The molecule has 2 heterocycles. The lowest BCUT2D eigenvalue weighted by molar-refractivity contribution is 1.000. The second kappa shape index (κ2) is 4.10. The summed E-state index contributed by atoms with van der Waals surface area (Å²) in [4.78, 5) is 12.8. The fraction of sp³-hybridized carbons (Fsp3) is 0. The molecule has 0 aliphatic carbocycles. The van der Waals surface area contributed by atoms with E-state index in [0.29, 0.717) is 0 Å². The molecule has 3 nitrogen and oxygen atoms in total. The molecule has 0 fully saturated rings. The van der Waals surface area contributed by atoms with Crippen LogP contribution in [0, 0.1) is 0 Å². The second-order valence-corrected chi connectivity index (χ2v) is 4.73. The minimum Gasteiger partial charge on any atom is -0.302 e. The molecule has 0 saturated heterocycles. The van der Waals surface area contributed by atoms with Crippen molar-refractivity contribution in [3.8, 4) is 5.69 Å². The maximum atomic E-state index is 12.8. The van der Waals surface area contributed by atoms with Crippen molar-refractivity contribution in [2.75, 3.05) is 0 Å². The lowest BCUT2D eigenvalue weighted by atomic mass is 10.2. The highest BCUT2D eigenvalue weighted by Crippen LogP contribution is 2.17. The predicted molar refractivity (Wildman–Crippen MR) is 80.5 cm³/mol. The highest BCUT2D eigenvalue weighted by atomic mass is 16.1. The molecule has 20 heavy (non-hydrogen) atoms. The first-order valence-electron chi connectivity index (χ1n) is 6.52. The summed E-state index contributed by atoms with van der Waals surface area (Å²) in [5.74, 6) is 0. The Hall–Kier alpha value is -2.81. The molecule has 0 aliphatic heterocycles. The van der Waals surface area contributed by atoms with Gasteiger partial charge in [0.1, 0.15) is 5.65 Å². The standard InChI is InChI=1S/C17H12N2O/c20-17-14-9-4-5-10-15(14)18-12-6-11-16(18)19(17)13-7-2-1-3-8-13/h1-12H. The Labute approximate surface area is 115 Å². The average Bonchev–Trinajstić information content (AvgIpc) is 2.98. The summed E-state index contributed by atoms with van der Waals surface area (Å²) in [6.45, 7) is 0. The maximum absolute atomic E-state index is 12.8. The molecule has 0 amide bonds. The van der Waals surface area contributed by atoms with Gasteiger partial charge in [-0.3, -0.25) is 9.36 Å². The van der Waals surface area contributed by atoms with Crippen molar-refractivity contribution in [2.24, 2.45) is 0 Å². The highest BCUT2D eigenvalue weighted by Gasteiger charge is 2.10. The van der Waals surface area contributed by atoms with E-state index in [2.05, 4.69) is 0 Å². The van der Waals surface area contributed by atoms with Crippen molar-refractivity contribution in [1.29, 1.82) is 0 Å². The van der Waals surface area contributed by atoms with E-state index in [1.165, 1.54) is 0 Å². The van der Waals surface area contributed by atoms with E-state index in [0.717, 1.165) is 22.2 Å². The van der Waals surface area contributed by atoms with Crippen LogP contribution in [0.25, 0.3) is 22.2 Å². The second-order valence-electron chi connectivity index (χ2n) is 4.73. The zero-order chi connectivity index (χ0) is 13.5. The number of benzene rings is 2. The lowest BCUT2D eigenvalue weighted by Crippen LogP contribution is -2.20. The molecule has 0 bridgehead atoms. The first kappa shape index (κ1) is 11.1. The molecule has 0 unspecified atom stereocenters. The van der Waals surface area contributed by atoms with Gasteiger partial charge in [0.2, 0.25) is 0 Å². The summed E-state index contributed by atoms with van der Waals surface area (Å²) in [7, 11) is 0. The van der Waals surface area contributed by atoms with Crippen LogP contribution in [0.3, 0.4) is 0 Å². The Morgan fingerprint density at radius 3 is 2.35 bits per heavy atom. The third kappa shape index (κ3) is 1.43. The zero-order valence-electron chi connectivity index (χ0n) is 10.7. The zero-order valence-corrected chi connectivity index (χ0v) is 10.7. The smallest absolute Gasteiger partial charge is 0.266 e. The van der Waals surface area contributed by atoms with Gasteiger partial charge in [-0.15, -0.1) is 0 Å². The fourth-order valence-corrected chi connectivity index (χ4v) is 2.67. The Morgan fingerprint density at radius 1 is 0.750 bits per heavy atom. The molecule has 0 spiro atoms. The molecule has 0 saturated carbocycles. The van der Waals surface area contributed by atoms with Gasteiger partial charge in [-0.2, -0.15) is 0 Å². The summed E-state index contributed by atoms with van der Waals surface area (Å²) < 4.78 is 3.80. The first-order chi connectivity index (χ1) is 9.86. The third-order valence-corrected chi connectivity index (χ3v) is 3.57. The number of hydrogen-bond donors (Lipinski definition) is 0. The van der Waals surface area contributed by atoms with Crippen LogP contribution < -0.4 is 5.56 Å². The van der Waals surface area contributed by atoms with Crippen molar-refractivity contribution in [3.63, 3.8) is 0 Å². The number of aromatic nitrogens is 2. The van der Waals surface area contributed by atoms with Gasteiger partial charge in [0.15, 0.2) is 0 Å². The molecule has 2 aromatic heterocycles. The van der Waals surface area contributed by atoms with E-state index in [-0.39, 0.29) is 5.56 Å². The largest absolute Gasteiger partial charge is 0.302 e. The molecule has 0 aliphatic rings. The normalized spacial score (nSPS) is 11.2. The van der Waals surface area contributed by atoms with Crippen molar-refractivity contribution in [1.82, 2.24) is 8.97 Å². The van der Waals surface area contributed by atoms with Gasteiger partial charge in [0, 0.05) is 6.20 Å². The highest BCUT2D eigenvalue weighted by molar-refractivity contribution is 5.81. The quantitative estimate of drug-likeness (QED) is 0.516. The minimum atomic E-state index is 0.0120. The molecule has 0 N–H and O–H groups in total. The van der Waals surface area contributed by atoms with Gasteiger partial charge in [0.25, 0.3) is 5.56 Å². The fourth-order valence-electron chi connectivity index (χ4n) is 2.67. The van der Waals surface area contributed by atoms with E-state index in [1.807, 2.05) is 77.3 Å². The number of rotatable bonds is 1. The van der Waals surface area contributed by atoms with Crippen LogP contribution in [-0.4, -0.2) is 8.97 Å². The van der Waals surface area contributed by atoms with Gasteiger partial charge >= 0.3 is 0 Å². The van der Waals surface area contributed by atoms with E-state index in [1.54, 1.807) is 4.57 Å². The molecule has 4 aromatic rings. The molecule has 0 radical (unpaired) electrons. The molecule has 96 valence electrons. The van der Waals surface area contributed by atoms with Crippen LogP contribution in [0.1, 0.15) is 0 Å². The Balaban J connectivity index is 2.27. The van der Waals surface area contributed by atoms with Crippen LogP contribution in [0.4, 0.5) is 0 Å². The Bertz CT molecular complexity index is 965. The summed E-state index contributed by atoms with van der Waals surface area (Å²) in [6.07, 6.45) is 1.98. The number of hydrogen-bond acceptors (Lipinski definition) is 1. The monoisotopic (exact) mass is 260 g/mol. The van der Waals surface area contributed by atoms with Crippen LogP contribution in [0.2, 0.25) is 0 Å². The summed E-state index contributed by atoms with van der Waals surface area (Å²) >= 11 is 0. The van der Waals surface area contributed by atoms with E-state index >= 15 is 0 Å². The van der Waals surface area contributed by atoms with Crippen LogP contribution in [0.5, 0.6) is 0 Å². The number of para-hydroxylation sites is 2. The van der Waals surface area contributed by atoms with Gasteiger partial charge in [-0.05, 0) is 36.4 Å². The third-order valence-electron chi connectivity index (χ3n) is 3.57. The van der Waals surface area contributed by atoms with Crippen LogP contribution in [0.15, 0.2) is 77.7 Å². The van der Waals surface area contributed by atoms with Crippen molar-refractivity contribution in [3.05, 3.63) is 83.3 Å². The summed E-state index contributed by atoms with van der Waals surface area (Å²) in [6, 6.07) is 21.3. The molecule has 2 aromatic carbocycles. The van der Waals surface area contributed by atoms with Crippen LogP contribution in [-0.2, 0) is 0 Å². The molecular weight excluding hydrogens is 248 g/mol. The molecular formula is C17H12N2O. The maximum Gasteiger partial charge on any atom is 0.266 e. The van der Waals surface area contributed by atoms with Gasteiger partial charge in [0.05, 0.1) is 16.6 Å². The van der Waals surface area contributed by atoms with Gasteiger partial charge < -0.3 is 4.40 Å². The van der Waals surface area contributed by atoms with Crippen molar-refractivity contribution < 1.29 is 0 Å².